The molecule has 0 bridgehead atoms. The summed E-state index contributed by atoms with van der Waals surface area (Å²) in [4.78, 5) is 0. The van der Waals surface area contributed by atoms with Crippen LogP contribution >= 0.6 is 0 Å². The van der Waals surface area contributed by atoms with E-state index in [-0.39, 0.29) is 0 Å². The Balaban J connectivity index is 1.56. The van der Waals surface area contributed by atoms with Gasteiger partial charge in [0.05, 0.1) is 5.69 Å². The van der Waals surface area contributed by atoms with Crippen LogP contribution in [-0.2, 0) is 13.5 Å². The van der Waals surface area contributed by atoms with Crippen LogP contribution in [0.15, 0.2) is 0 Å². The van der Waals surface area contributed by atoms with Gasteiger partial charge in [-0.1, -0.05) is 0 Å². The zero-order chi connectivity index (χ0) is 13.0. The van der Waals surface area contributed by atoms with Crippen molar-refractivity contribution in [3.63, 3.8) is 0 Å². The van der Waals surface area contributed by atoms with Gasteiger partial charge in [-0.2, -0.15) is 5.10 Å². The average molecular weight is 250 g/mol. The third kappa shape index (κ3) is 3.82. The number of hydrogen-bond acceptors (Lipinski definition) is 3. The van der Waals surface area contributed by atoms with Crippen LogP contribution in [0.3, 0.4) is 0 Å². The standard InChI is InChI=1S/C14H26N4/c1-11-14(12(2)18(3)17-11)5-4-8-15-9-10-16-13-6-7-13/h13,15-16H,4-10H2,1-3H3. The van der Waals surface area contributed by atoms with Crippen LogP contribution in [0, 0.1) is 13.8 Å². The van der Waals surface area contributed by atoms with E-state index in [0.717, 1.165) is 32.1 Å². The molecule has 0 aromatic carbocycles. The van der Waals surface area contributed by atoms with E-state index >= 15 is 0 Å². The number of nitrogens with one attached hydrogen (secondary N) is 2. The first-order valence-electron chi connectivity index (χ1n) is 7.11. The maximum absolute atomic E-state index is 4.45. The van der Waals surface area contributed by atoms with Gasteiger partial charge in [-0.3, -0.25) is 4.68 Å². The van der Waals surface area contributed by atoms with Crippen LogP contribution in [0.4, 0.5) is 0 Å². The van der Waals surface area contributed by atoms with Crippen molar-refractivity contribution in [1.82, 2.24) is 20.4 Å². The van der Waals surface area contributed by atoms with E-state index in [4.69, 9.17) is 0 Å². The second-order valence-corrected chi connectivity index (χ2v) is 5.35. The van der Waals surface area contributed by atoms with Crippen molar-refractivity contribution in [3.05, 3.63) is 17.0 Å². The Morgan fingerprint density at radius 1 is 1.22 bits per heavy atom. The van der Waals surface area contributed by atoms with Crippen molar-refractivity contribution in [3.8, 4) is 0 Å². The van der Waals surface area contributed by atoms with Crippen molar-refractivity contribution >= 4 is 0 Å². The Morgan fingerprint density at radius 3 is 2.61 bits per heavy atom. The first kappa shape index (κ1) is 13.6. The minimum atomic E-state index is 0.826. The van der Waals surface area contributed by atoms with Crippen molar-refractivity contribution in [2.75, 3.05) is 19.6 Å². The molecule has 0 saturated heterocycles. The summed E-state index contributed by atoms with van der Waals surface area (Å²) in [6, 6.07) is 0.826. The highest BCUT2D eigenvalue weighted by Gasteiger charge is 2.19. The summed E-state index contributed by atoms with van der Waals surface area (Å²) in [6.45, 7) is 7.55. The molecule has 102 valence electrons. The molecule has 2 rings (SSSR count). The van der Waals surface area contributed by atoms with Gasteiger partial charge < -0.3 is 10.6 Å². The van der Waals surface area contributed by atoms with Crippen LogP contribution in [0.2, 0.25) is 0 Å². The molecule has 0 spiro atoms. The summed E-state index contributed by atoms with van der Waals surface area (Å²) in [5, 5.41) is 11.5. The highest BCUT2D eigenvalue weighted by Crippen LogP contribution is 2.17. The number of aromatic nitrogens is 2. The van der Waals surface area contributed by atoms with Crippen molar-refractivity contribution in [2.24, 2.45) is 7.05 Å². The van der Waals surface area contributed by atoms with Crippen LogP contribution in [0.25, 0.3) is 0 Å². The van der Waals surface area contributed by atoms with Gasteiger partial charge in [0.2, 0.25) is 0 Å². The fourth-order valence-corrected chi connectivity index (χ4v) is 2.35. The van der Waals surface area contributed by atoms with Crippen LogP contribution < -0.4 is 10.6 Å². The van der Waals surface area contributed by atoms with E-state index in [1.807, 2.05) is 11.7 Å². The van der Waals surface area contributed by atoms with Crippen molar-refractivity contribution in [2.45, 2.75) is 45.6 Å². The lowest BCUT2D eigenvalue weighted by molar-refractivity contribution is 0.594. The molecule has 2 N–H and O–H groups in total. The monoisotopic (exact) mass is 250 g/mol. The molecule has 1 aliphatic carbocycles. The smallest absolute Gasteiger partial charge is 0.0628 e. The molecular formula is C14H26N4. The molecule has 1 heterocycles. The fourth-order valence-electron chi connectivity index (χ4n) is 2.35. The molecule has 1 aromatic heterocycles. The summed E-state index contributed by atoms with van der Waals surface area (Å²) >= 11 is 0. The Kier molecular flexibility index (Phi) is 4.78. The van der Waals surface area contributed by atoms with E-state index in [1.54, 1.807) is 0 Å². The number of aryl methyl sites for hydroxylation is 2. The van der Waals surface area contributed by atoms with E-state index in [2.05, 4.69) is 29.6 Å². The average Bonchev–Trinajstić information content (AvgIpc) is 3.11. The van der Waals surface area contributed by atoms with E-state index in [1.165, 1.54) is 36.2 Å². The predicted molar refractivity (Wildman–Crippen MR) is 74.9 cm³/mol. The van der Waals surface area contributed by atoms with Gasteiger partial charge in [0.15, 0.2) is 0 Å². The first-order chi connectivity index (χ1) is 8.68. The molecule has 0 radical (unpaired) electrons. The first-order valence-corrected chi connectivity index (χ1v) is 7.11. The van der Waals surface area contributed by atoms with Crippen LogP contribution in [-0.4, -0.2) is 35.5 Å². The second-order valence-electron chi connectivity index (χ2n) is 5.35. The lowest BCUT2D eigenvalue weighted by atomic mass is 10.1. The molecule has 1 aliphatic rings. The van der Waals surface area contributed by atoms with Crippen LogP contribution in [0.5, 0.6) is 0 Å². The predicted octanol–water partition coefficient (Wildman–Crippen LogP) is 1.31. The van der Waals surface area contributed by atoms with Gasteiger partial charge in [-0.25, -0.2) is 0 Å². The minimum absolute atomic E-state index is 0.826. The molecule has 1 aromatic rings. The second kappa shape index (κ2) is 6.34. The molecular weight excluding hydrogens is 224 g/mol. The topological polar surface area (TPSA) is 41.9 Å². The third-order valence-electron chi connectivity index (χ3n) is 3.75. The van der Waals surface area contributed by atoms with E-state index in [0.29, 0.717) is 0 Å². The van der Waals surface area contributed by atoms with Crippen molar-refractivity contribution < 1.29 is 0 Å². The fraction of sp³-hybridized carbons (Fsp3) is 0.786. The molecule has 18 heavy (non-hydrogen) atoms. The SMILES string of the molecule is Cc1nn(C)c(C)c1CCCNCCNC1CC1. The summed E-state index contributed by atoms with van der Waals surface area (Å²) in [6.07, 6.45) is 5.07. The Labute approximate surface area is 110 Å². The summed E-state index contributed by atoms with van der Waals surface area (Å²) in [7, 11) is 2.02. The summed E-state index contributed by atoms with van der Waals surface area (Å²) in [5.41, 5.74) is 3.92. The molecule has 0 aliphatic heterocycles. The van der Waals surface area contributed by atoms with Gasteiger partial charge in [-0.15, -0.1) is 0 Å². The normalized spacial score (nSPS) is 15.3. The summed E-state index contributed by atoms with van der Waals surface area (Å²) in [5.74, 6) is 0. The highest BCUT2D eigenvalue weighted by molar-refractivity contribution is 5.24. The molecule has 0 amide bonds. The third-order valence-corrected chi connectivity index (χ3v) is 3.75. The van der Waals surface area contributed by atoms with Gasteiger partial charge >= 0.3 is 0 Å². The molecule has 4 heteroatoms. The van der Waals surface area contributed by atoms with Gasteiger partial charge in [0.1, 0.15) is 0 Å². The van der Waals surface area contributed by atoms with Gasteiger partial charge in [0.25, 0.3) is 0 Å². The van der Waals surface area contributed by atoms with Gasteiger partial charge in [-0.05, 0) is 51.6 Å². The number of rotatable bonds is 8. The Bertz CT molecular complexity index is 379. The lowest BCUT2D eigenvalue weighted by Gasteiger charge is -2.06. The van der Waals surface area contributed by atoms with Crippen molar-refractivity contribution in [1.29, 1.82) is 0 Å². The molecule has 1 fully saturated rings. The molecule has 4 nitrogen and oxygen atoms in total. The minimum Gasteiger partial charge on any atom is -0.315 e. The molecule has 0 atom stereocenters. The van der Waals surface area contributed by atoms with E-state index in [9.17, 15) is 0 Å². The van der Waals surface area contributed by atoms with Gasteiger partial charge in [0, 0.05) is 31.9 Å². The van der Waals surface area contributed by atoms with Crippen LogP contribution in [0.1, 0.15) is 36.2 Å². The quantitative estimate of drug-likeness (QED) is 0.684. The lowest BCUT2D eigenvalue weighted by Crippen LogP contribution is -2.29. The zero-order valence-electron chi connectivity index (χ0n) is 11.9. The highest BCUT2D eigenvalue weighted by atomic mass is 15.3. The molecule has 1 saturated carbocycles. The Morgan fingerprint density at radius 2 is 2.00 bits per heavy atom. The number of hydrogen-bond donors (Lipinski definition) is 2. The number of nitrogens with zero attached hydrogens (tertiary/aromatic N) is 2. The Hall–Kier alpha value is -0.870. The maximum atomic E-state index is 4.45. The molecule has 0 unspecified atom stereocenters. The van der Waals surface area contributed by atoms with E-state index < -0.39 is 0 Å². The zero-order valence-corrected chi connectivity index (χ0v) is 11.9. The maximum Gasteiger partial charge on any atom is 0.0628 e. The summed E-state index contributed by atoms with van der Waals surface area (Å²) < 4.78 is 1.98. The largest absolute Gasteiger partial charge is 0.315 e.